The monoisotopic (exact) mass is 428 g/mol. The zero-order valence-corrected chi connectivity index (χ0v) is 19.1. The van der Waals surface area contributed by atoms with Gasteiger partial charge in [0.1, 0.15) is 11.4 Å². The number of benzene rings is 1. The molecule has 7 nitrogen and oxygen atoms in total. The maximum Gasteiger partial charge on any atom is 0.317 e. The normalized spacial score (nSPS) is 22.1. The molecular formula is C24H36N4O3. The average molecular weight is 429 g/mol. The third-order valence-electron chi connectivity index (χ3n) is 6.89. The summed E-state index contributed by atoms with van der Waals surface area (Å²) in [7, 11) is 2.12. The zero-order chi connectivity index (χ0) is 22.0. The van der Waals surface area contributed by atoms with Gasteiger partial charge in [-0.15, -0.1) is 0 Å². The van der Waals surface area contributed by atoms with Crippen LogP contribution in [0.1, 0.15) is 45.1 Å². The van der Waals surface area contributed by atoms with Crippen LogP contribution in [0.25, 0.3) is 0 Å². The van der Waals surface area contributed by atoms with Crippen molar-refractivity contribution in [3.05, 3.63) is 29.8 Å². The summed E-state index contributed by atoms with van der Waals surface area (Å²) in [5.41, 5.74) is 0.628. The van der Waals surface area contributed by atoms with E-state index in [1.54, 1.807) is 0 Å². The number of hydrogen-bond donors (Lipinski definition) is 1. The number of nitrogens with zero attached hydrogens (tertiary/aromatic N) is 3. The van der Waals surface area contributed by atoms with Gasteiger partial charge in [0.2, 0.25) is 5.91 Å². The minimum atomic E-state index is -0.442. The van der Waals surface area contributed by atoms with Crippen molar-refractivity contribution < 1.29 is 14.3 Å². The summed E-state index contributed by atoms with van der Waals surface area (Å²) in [6, 6.07) is 8.18. The first-order valence-corrected chi connectivity index (χ1v) is 11.6. The molecule has 2 saturated heterocycles. The number of rotatable bonds is 2. The van der Waals surface area contributed by atoms with Crippen LogP contribution < -0.4 is 10.1 Å². The highest BCUT2D eigenvalue weighted by Gasteiger charge is 2.43. The van der Waals surface area contributed by atoms with Crippen molar-refractivity contribution >= 4 is 11.9 Å². The first-order chi connectivity index (χ1) is 14.8. The van der Waals surface area contributed by atoms with Gasteiger partial charge in [-0.05, 0) is 52.9 Å². The third-order valence-corrected chi connectivity index (χ3v) is 6.89. The van der Waals surface area contributed by atoms with Crippen LogP contribution in [-0.4, -0.2) is 78.1 Å². The number of carbonyl (C=O) groups is 2. The van der Waals surface area contributed by atoms with Gasteiger partial charge in [0, 0.05) is 50.0 Å². The largest absolute Gasteiger partial charge is 0.485 e. The Hall–Kier alpha value is -2.28. The smallest absolute Gasteiger partial charge is 0.317 e. The maximum absolute atomic E-state index is 13.5. The lowest BCUT2D eigenvalue weighted by Gasteiger charge is -2.43. The van der Waals surface area contributed by atoms with E-state index >= 15 is 0 Å². The molecule has 0 saturated carbocycles. The number of para-hydroxylation sites is 1. The quantitative estimate of drug-likeness (QED) is 0.787. The van der Waals surface area contributed by atoms with Crippen LogP contribution in [0.3, 0.4) is 0 Å². The number of urea groups is 1. The van der Waals surface area contributed by atoms with Crippen molar-refractivity contribution in [2.24, 2.45) is 5.92 Å². The SMILES string of the molecule is CC(C)NC(=O)N1CCC2(CC1)CN(C(=O)C1CCN(C)CC1)Cc1ccccc1O2. The Morgan fingerprint density at radius 1 is 1.06 bits per heavy atom. The van der Waals surface area contributed by atoms with Gasteiger partial charge in [-0.1, -0.05) is 18.2 Å². The Morgan fingerprint density at radius 2 is 1.74 bits per heavy atom. The summed E-state index contributed by atoms with van der Waals surface area (Å²) in [5, 5.41) is 2.98. The molecule has 3 heterocycles. The molecule has 31 heavy (non-hydrogen) atoms. The average Bonchev–Trinajstić information content (AvgIpc) is 2.90. The van der Waals surface area contributed by atoms with Crippen LogP contribution in [0.15, 0.2) is 24.3 Å². The summed E-state index contributed by atoms with van der Waals surface area (Å²) >= 11 is 0. The minimum absolute atomic E-state index is 0.0156. The molecule has 2 fully saturated rings. The first-order valence-electron chi connectivity index (χ1n) is 11.6. The Balaban J connectivity index is 1.52. The van der Waals surface area contributed by atoms with Gasteiger partial charge in [0.05, 0.1) is 6.54 Å². The lowest BCUT2D eigenvalue weighted by molar-refractivity contribution is -0.141. The molecule has 1 N–H and O–H groups in total. The van der Waals surface area contributed by atoms with Crippen LogP contribution in [0.4, 0.5) is 4.79 Å². The number of likely N-dealkylation sites (tertiary alicyclic amines) is 2. The van der Waals surface area contributed by atoms with Gasteiger partial charge in [-0.3, -0.25) is 4.79 Å². The van der Waals surface area contributed by atoms with Crippen molar-refractivity contribution in [3.63, 3.8) is 0 Å². The summed E-state index contributed by atoms with van der Waals surface area (Å²) in [6.07, 6.45) is 3.29. The second kappa shape index (κ2) is 9.07. The minimum Gasteiger partial charge on any atom is -0.485 e. The molecule has 0 unspecified atom stereocenters. The lowest BCUT2D eigenvalue weighted by atomic mass is 9.89. The molecule has 7 heteroatoms. The van der Waals surface area contributed by atoms with Crippen molar-refractivity contribution in [2.75, 3.05) is 39.8 Å². The molecule has 0 radical (unpaired) electrons. The van der Waals surface area contributed by atoms with E-state index in [0.29, 0.717) is 26.2 Å². The molecule has 3 amide bonds. The predicted molar refractivity (Wildman–Crippen MR) is 120 cm³/mol. The third kappa shape index (κ3) is 4.97. The highest BCUT2D eigenvalue weighted by molar-refractivity contribution is 5.79. The van der Waals surface area contributed by atoms with Gasteiger partial charge < -0.3 is 24.8 Å². The fourth-order valence-corrected chi connectivity index (χ4v) is 4.99. The highest BCUT2D eigenvalue weighted by atomic mass is 16.5. The Kier molecular flexibility index (Phi) is 6.42. The van der Waals surface area contributed by atoms with Gasteiger partial charge in [0.15, 0.2) is 0 Å². The van der Waals surface area contributed by atoms with E-state index in [9.17, 15) is 9.59 Å². The number of fused-ring (bicyclic) bond motifs is 1. The molecule has 0 aliphatic carbocycles. The fraction of sp³-hybridized carbons (Fsp3) is 0.667. The van der Waals surface area contributed by atoms with Crippen LogP contribution in [0.5, 0.6) is 5.75 Å². The molecule has 3 aliphatic heterocycles. The van der Waals surface area contributed by atoms with Crippen LogP contribution >= 0.6 is 0 Å². The van der Waals surface area contributed by atoms with Crippen molar-refractivity contribution in [1.82, 2.24) is 20.0 Å². The molecule has 1 spiro atoms. The van der Waals surface area contributed by atoms with E-state index in [4.69, 9.17) is 4.74 Å². The van der Waals surface area contributed by atoms with Gasteiger partial charge in [-0.25, -0.2) is 4.79 Å². The van der Waals surface area contributed by atoms with Crippen LogP contribution in [0, 0.1) is 5.92 Å². The number of piperidine rings is 2. The Labute approximate surface area is 185 Å². The van der Waals surface area contributed by atoms with E-state index in [-0.39, 0.29) is 23.9 Å². The van der Waals surface area contributed by atoms with Crippen molar-refractivity contribution in [1.29, 1.82) is 0 Å². The number of hydrogen-bond acceptors (Lipinski definition) is 4. The van der Waals surface area contributed by atoms with E-state index in [2.05, 4.69) is 23.3 Å². The molecule has 170 valence electrons. The zero-order valence-electron chi connectivity index (χ0n) is 19.1. The summed E-state index contributed by atoms with van der Waals surface area (Å²) in [5.74, 6) is 1.23. The lowest BCUT2D eigenvalue weighted by Crippen LogP contribution is -2.57. The standard InChI is InChI=1S/C24H36N4O3/c1-18(2)25-23(30)27-14-10-24(11-15-27)17-28(16-20-6-4-5-7-21(20)31-24)22(29)19-8-12-26(3)13-9-19/h4-7,18-19H,8-17H2,1-3H3,(H,25,30). The van der Waals surface area contributed by atoms with Gasteiger partial charge in [0.25, 0.3) is 0 Å². The maximum atomic E-state index is 13.5. The molecule has 0 atom stereocenters. The molecule has 0 aromatic heterocycles. The Morgan fingerprint density at radius 3 is 2.42 bits per heavy atom. The first kappa shape index (κ1) is 21.9. The number of carbonyl (C=O) groups excluding carboxylic acids is 2. The molecule has 3 aliphatic rings. The summed E-state index contributed by atoms with van der Waals surface area (Å²) in [4.78, 5) is 32.2. The predicted octanol–water partition coefficient (Wildman–Crippen LogP) is 2.70. The van der Waals surface area contributed by atoms with E-state index in [1.165, 1.54) is 0 Å². The van der Waals surface area contributed by atoms with Crippen molar-refractivity contribution in [3.8, 4) is 5.75 Å². The second-order valence-electron chi connectivity index (χ2n) is 9.76. The molecular weight excluding hydrogens is 392 g/mol. The second-order valence-corrected chi connectivity index (χ2v) is 9.76. The molecule has 1 aromatic rings. The molecule has 1 aromatic carbocycles. The molecule has 0 bridgehead atoms. The van der Waals surface area contributed by atoms with E-state index in [1.807, 2.05) is 41.8 Å². The summed E-state index contributed by atoms with van der Waals surface area (Å²) in [6.45, 7) is 8.36. The van der Waals surface area contributed by atoms with Gasteiger partial charge >= 0.3 is 6.03 Å². The van der Waals surface area contributed by atoms with E-state index in [0.717, 1.165) is 50.1 Å². The number of nitrogens with one attached hydrogen (secondary N) is 1. The fourth-order valence-electron chi connectivity index (χ4n) is 4.99. The number of ether oxygens (including phenoxy) is 1. The topological polar surface area (TPSA) is 65.1 Å². The van der Waals surface area contributed by atoms with Crippen molar-refractivity contribution in [2.45, 2.75) is 57.7 Å². The van der Waals surface area contributed by atoms with E-state index < -0.39 is 5.60 Å². The van der Waals surface area contributed by atoms with Crippen LogP contribution in [0.2, 0.25) is 0 Å². The highest BCUT2D eigenvalue weighted by Crippen LogP contribution is 2.36. The number of amides is 3. The van der Waals surface area contributed by atoms with Gasteiger partial charge in [-0.2, -0.15) is 0 Å². The molecule has 4 rings (SSSR count). The summed E-state index contributed by atoms with van der Waals surface area (Å²) < 4.78 is 6.62. The Bertz CT molecular complexity index is 796. The van der Waals surface area contributed by atoms with Crippen LogP contribution in [-0.2, 0) is 11.3 Å².